The van der Waals surface area contributed by atoms with Crippen molar-refractivity contribution < 1.29 is 18.7 Å². The summed E-state index contributed by atoms with van der Waals surface area (Å²) in [5, 5.41) is 5.66. The van der Waals surface area contributed by atoms with Gasteiger partial charge in [0.2, 0.25) is 0 Å². The number of rotatable bonds is 5. The molecule has 2 aliphatic carbocycles. The average molecular weight is 425 g/mol. The van der Waals surface area contributed by atoms with Crippen molar-refractivity contribution in [3.05, 3.63) is 76.6 Å². The molecular weight excluding hydrogens is 407 g/mol. The van der Waals surface area contributed by atoms with Crippen LogP contribution in [0.5, 0.6) is 5.75 Å². The third-order valence-electron chi connectivity index (χ3n) is 6.04. The zero-order valence-corrected chi connectivity index (χ0v) is 16.6. The van der Waals surface area contributed by atoms with E-state index in [2.05, 4.69) is 5.10 Å². The second-order valence-electron chi connectivity index (χ2n) is 7.83. The predicted octanol–water partition coefficient (Wildman–Crippen LogP) is 4.20. The number of halogens is 2. The van der Waals surface area contributed by atoms with E-state index in [-0.39, 0.29) is 47.9 Å². The van der Waals surface area contributed by atoms with Gasteiger partial charge in [-0.25, -0.2) is 4.39 Å². The Morgan fingerprint density at radius 1 is 1.07 bits per heavy atom. The molecule has 0 spiro atoms. The molecule has 2 aromatic carbocycles. The Labute approximate surface area is 177 Å². The van der Waals surface area contributed by atoms with Crippen molar-refractivity contribution in [1.82, 2.24) is 5.01 Å². The van der Waals surface area contributed by atoms with Gasteiger partial charge in [0.1, 0.15) is 18.2 Å². The normalized spacial score (nSPS) is 26.8. The van der Waals surface area contributed by atoms with Crippen LogP contribution in [0.2, 0.25) is 5.02 Å². The third-order valence-corrected chi connectivity index (χ3v) is 6.27. The van der Waals surface area contributed by atoms with Crippen LogP contribution >= 0.6 is 11.6 Å². The van der Waals surface area contributed by atoms with Gasteiger partial charge in [-0.05, 0) is 54.2 Å². The Balaban J connectivity index is 1.35. The number of fused-ring (bicyclic) bond motifs is 5. The molecule has 1 saturated carbocycles. The van der Waals surface area contributed by atoms with E-state index in [1.807, 2.05) is 12.2 Å². The highest BCUT2D eigenvalue weighted by Gasteiger charge is 2.59. The third kappa shape index (κ3) is 3.21. The molecule has 1 saturated heterocycles. The van der Waals surface area contributed by atoms with Gasteiger partial charge in [-0.15, -0.1) is 0 Å². The molecular formula is C23H18ClFN2O3. The summed E-state index contributed by atoms with van der Waals surface area (Å²) in [6, 6.07) is 11.0. The first-order chi connectivity index (χ1) is 14.5. The number of benzene rings is 2. The number of hydrazone groups is 1. The number of allylic oxidation sites excluding steroid dienone is 2. The first kappa shape index (κ1) is 19.0. The van der Waals surface area contributed by atoms with Crippen LogP contribution < -0.4 is 4.74 Å². The second kappa shape index (κ2) is 7.36. The molecule has 5 rings (SSSR count). The van der Waals surface area contributed by atoms with Crippen molar-refractivity contribution in [3.8, 4) is 5.75 Å². The lowest BCUT2D eigenvalue weighted by atomic mass is 9.85. The van der Waals surface area contributed by atoms with E-state index in [9.17, 15) is 14.0 Å². The van der Waals surface area contributed by atoms with Crippen molar-refractivity contribution >= 4 is 29.6 Å². The lowest BCUT2D eigenvalue weighted by molar-refractivity contribution is -0.140. The van der Waals surface area contributed by atoms with Crippen LogP contribution in [0.15, 0.2) is 59.7 Å². The van der Waals surface area contributed by atoms with Gasteiger partial charge >= 0.3 is 0 Å². The van der Waals surface area contributed by atoms with E-state index < -0.39 is 0 Å². The standard InChI is InChI=1S/C23H18ClFN2O3/c24-17-5-8-19(30-12-13-1-6-18(25)7-2-13)16(10-17)11-26-27-22(28)20-14-3-4-15(9-14)21(20)23(27)29/h1-8,10-11,14-15,20-21H,9,12H2. The molecule has 0 aromatic heterocycles. The Kier molecular flexibility index (Phi) is 4.66. The van der Waals surface area contributed by atoms with E-state index in [1.54, 1.807) is 30.3 Å². The molecule has 2 aromatic rings. The summed E-state index contributed by atoms with van der Waals surface area (Å²) in [5.41, 5.74) is 1.35. The van der Waals surface area contributed by atoms with Gasteiger partial charge in [0.05, 0.1) is 18.1 Å². The number of hydrogen-bond donors (Lipinski definition) is 0. The summed E-state index contributed by atoms with van der Waals surface area (Å²) in [6.07, 6.45) is 6.39. The Bertz CT molecular complexity index is 1050. The maximum Gasteiger partial charge on any atom is 0.254 e. The van der Waals surface area contributed by atoms with E-state index >= 15 is 0 Å². The largest absolute Gasteiger partial charge is 0.488 e. The highest BCUT2D eigenvalue weighted by Crippen LogP contribution is 2.52. The number of nitrogens with zero attached hydrogens (tertiary/aromatic N) is 2. The molecule has 7 heteroatoms. The number of ether oxygens (including phenoxy) is 1. The number of amides is 2. The van der Waals surface area contributed by atoms with Gasteiger partial charge in [0.15, 0.2) is 0 Å². The highest BCUT2D eigenvalue weighted by molar-refractivity contribution is 6.31. The maximum absolute atomic E-state index is 13.1. The molecule has 4 atom stereocenters. The number of carbonyl (C=O) groups is 2. The summed E-state index contributed by atoms with van der Waals surface area (Å²) < 4.78 is 18.9. The summed E-state index contributed by atoms with van der Waals surface area (Å²) in [7, 11) is 0. The fourth-order valence-corrected chi connectivity index (χ4v) is 4.79. The summed E-state index contributed by atoms with van der Waals surface area (Å²) in [5.74, 6) is -0.617. The Morgan fingerprint density at radius 2 is 1.73 bits per heavy atom. The molecule has 5 nitrogen and oxygen atoms in total. The van der Waals surface area contributed by atoms with Crippen LogP contribution in [0.1, 0.15) is 17.5 Å². The van der Waals surface area contributed by atoms with Gasteiger partial charge < -0.3 is 4.74 Å². The topological polar surface area (TPSA) is 59.0 Å². The summed E-state index contributed by atoms with van der Waals surface area (Å²) in [6.45, 7) is 0.226. The fraction of sp³-hybridized carbons (Fsp3) is 0.261. The number of hydrogen-bond acceptors (Lipinski definition) is 4. The van der Waals surface area contributed by atoms with Crippen molar-refractivity contribution in [2.45, 2.75) is 13.0 Å². The van der Waals surface area contributed by atoms with E-state index in [0.29, 0.717) is 16.3 Å². The van der Waals surface area contributed by atoms with Crippen LogP contribution in [-0.4, -0.2) is 23.0 Å². The summed E-state index contributed by atoms with van der Waals surface area (Å²) in [4.78, 5) is 25.5. The quantitative estimate of drug-likeness (QED) is 0.410. The molecule has 0 N–H and O–H groups in total. The molecule has 1 heterocycles. The van der Waals surface area contributed by atoms with Gasteiger partial charge in [-0.2, -0.15) is 10.1 Å². The minimum Gasteiger partial charge on any atom is -0.488 e. The average Bonchev–Trinajstić information content (AvgIpc) is 3.41. The molecule has 4 unspecified atom stereocenters. The number of carbonyl (C=O) groups excluding carboxylic acids is 2. The van der Waals surface area contributed by atoms with Gasteiger partial charge in [-0.3, -0.25) is 9.59 Å². The predicted molar refractivity (Wildman–Crippen MR) is 109 cm³/mol. The van der Waals surface area contributed by atoms with Gasteiger partial charge in [0, 0.05) is 10.6 Å². The minimum atomic E-state index is -0.314. The smallest absolute Gasteiger partial charge is 0.254 e. The van der Waals surface area contributed by atoms with Crippen molar-refractivity contribution in [2.24, 2.45) is 28.8 Å². The van der Waals surface area contributed by atoms with Crippen LogP contribution in [0.25, 0.3) is 0 Å². The van der Waals surface area contributed by atoms with E-state index in [0.717, 1.165) is 17.0 Å². The van der Waals surface area contributed by atoms with E-state index in [4.69, 9.17) is 16.3 Å². The SMILES string of the molecule is O=C1C2C3C=CC(C3)C2C(=O)N1N=Cc1cc(Cl)ccc1OCc1ccc(F)cc1. The molecule has 152 valence electrons. The Hall–Kier alpha value is -2.99. The molecule has 2 fully saturated rings. The van der Waals surface area contributed by atoms with Crippen LogP contribution in [0.4, 0.5) is 4.39 Å². The maximum atomic E-state index is 13.1. The van der Waals surface area contributed by atoms with Crippen LogP contribution in [0.3, 0.4) is 0 Å². The molecule has 3 aliphatic rings. The fourth-order valence-electron chi connectivity index (χ4n) is 4.61. The van der Waals surface area contributed by atoms with Gasteiger partial charge in [0.25, 0.3) is 11.8 Å². The van der Waals surface area contributed by atoms with E-state index in [1.165, 1.54) is 18.3 Å². The monoisotopic (exact) mass is 424 g/mol. The van der Waals surface area contributed by atoms with Crippen molar-refractivity contribution in [3.63, 3.8) is 0 Å². The molecule has 2 amide bonds. The minimum absolute atomic E-state index is 0.137. The first-order valence-electron chi connectivity index (χ1n) is 9.78. The van der Waals surface area contributed by atoms with Crippen molar-refractivity contribution in [1.29, 1.82) is 0 Å². The molecule has 0 radical (unpaired) electrons. The highest BCUT2D eigenvalue weighted by atomic mass is 35.5. The van der Waals surface area contributed by atoms with Gasteiger partial charge in [-0.1, -0.05) is 35.9 Å². The number of imide groups is 1. The first-order valence-corrected chi connectivity index (χ1v) is 10.2. The van der Waals surface area contributed by atoms with Crippen molar-refractivity contribution in [2.75, 3.05) is 0 Å². The summed E-state index contributed by atoms with van der Waals surface area (Å²) >= 11 is 6.11. The zero-order chi connectivity index (χ0) is 20.8. The molecule has 2 bridgehead atoms. The second-order valence-corrected chi connectivity index (χ2v) is 8.27. The van der Waals surface area contributed by atoms with Crippen LogP contribution in [0, 0.1) is 29.5 Å². The molecule has 1 aliphatic heterocycles. The lowest BCUT2D eigenvalue weighted by Gasteiger charge is -2.13. The Morgan fingerprint density at radius 3 is 2.40 bits per heavy atom. The van der Waals surface area contributed by atoms with Crippen LogP contribution in [-0.2, 0) is 16.2 Å². The lowest BCUT2D eigenvalue weighted by Crippen LogP contribution is -2.28. The molecule has 30 heavy (non-hydrogen) atoms. The zero-order valence-electron chi connectivity index (χ0n) is 15.9.